The molecule has 28 heavy (non-hydrogen) atoms. The predicted octanol–water partition coefficient (Wildman–Crippen LogP) is 3.65. The molecule has 0 atom stereocenters. The zero-order chi connectivity index (χ0) is 20.1. The molecule has 0 unspecified atom stereocenters. The van der Waals surface area contributed by atoms with E-state index in [1.54, 1.807) is 18.2 Å². The van der Waals surface area contributed by atoms with Crippen molar-refractivity contribution in [3.63, 3.8) is 0 Å². The number of phenols is 1. The van der Waals surface area contributed by atoms with Gasteiger partial charge in [0, 0.05) is 0 Å². The van der Waals surface area contributed by atoms with Crippen molar-refractivity contribution in [2.45, 2.75) is 6.61 Å². The van der Waals surface area contributed by atoms with Gasteiger partial charge in [-0.05, 0) is 29.8 Å². The van der Waals surface area contributed by atoms with Gasteiger partial charge in [-0.15, -0.1) is 0 Å². The Morgan fingerprint density at radius 3 is 2.43 bits per heavy atom. The summed E-state index contributed by atoms with van der Waals surface area (Å²) in [5.74, 6) is -2.38. The number of halogens is 1. The third-order valence-corrected chi connectivity index (χ3v) is 4.01. The molecule has 142 valence electrons. The summed E-state index contributed by atoms with van der Waals surface area (Å²) in [7, 11) is 0. The molecule has 0 aromatic heterocycles. The average molecular weight is 379 g/mol. The Kier molecular flexibility index (Phi) is 5.55. The van der Waals surface area contributed by atoms with Crippen LogP contribution in [-0.4, -0.2) is 16.8 Å². The van der Waals surface area contributed by atoms with E-state index in [1.165, 1.54) is 12.1 Å². The van der Waals surface area contributed by atoms with Crippen LogP contribution in [0.25, 0.3) is 0 Å². The first-order valence-electron chi connectivity index (χ1n) is 8.40. The second-order valence-corrected chi connectivity index (χ2v) is 5.96. The topological polar surface area (TPSA) is 108 Å². The van der Waals surface area contributed by atoms with Gasteiger partial charge >= 0.3 is 0 Å². The van der Waals surface area contributed by atoms with Crippen LogP contribution in [0.15, 0.2) is 66.7 Å². The molecule has 0 fully saturated rings. The number of hydrogen-bond acceptors (Lipinski definition) is 4. The smallest absolute Gasteiger partial charge is 0.259 e. The van der Waals surface area contributed by atoms with Crippen LogP contribution in [0.5, 0.6) is 11.5 Å². The van der Waals surface area contributed by atoms with E-state index < -0.39 is 17.5 Å². The lowest BCUT2D eigenvalue weighted by Gasteiger charge is -2.16. The highest BCUT2D eigenvalue weighted by atomic mass is 19.1. The quantitative estimate of drug-likeness (QED) is 0.387. The molecule has 6 nitrogen and oxygen atoms in total. The number of carbonyl (C=O) groups is 1. The van der Waals surface area contributed by atoms with E-state index in [2.05, 4.69) is 5.32 Å². The number of para-hydroxylation sites is 2. The summed E-state index contributed by atoms with van der Waals surface area (Å²) in [6.45, 7) is 0.194. The number of nitrogen functional groups attached to an aromatic ring is 1. The number of rotatable bonds is 6. The Morgan fingerprint density at radius 2 is 1.71 bits per heavy atom. The second kappa shape index (κ2) is 8.22. The fourth-order valence-corrected chi connectivity index (χ4v) is 2.62. The molecule has 0 saturated carbocycles. The molecule has 0 spiro atoms. The number of carbonyl (C=O) groups excluding carboxylic acids is 1. The molecule has 0 bridgehead atoms. The van der Waals surface area contributed by atoms with Crippen molar-refractivity contribution in [3.05, 3.63) is 89.2 Å². The van der Waals surface area contributed by atoms with E-state index in [0.29, 0.717) is 5.56 Å². The average Bonchev–Trinajstić information content (AvgIpc) is 2.69. The first kappa shape index (κ1) is 18.9. The number of benzene rings is 3. The van der Waals surface area contributed by atoms with Crippen molar-refractivity contribution < 1.29 is 19.0 Å². The largest absolute Gasteiger partial charge is 0.504 e. The van der Waals surface area contributed by atoms with Gasteiger partial charge in [-0.1, -0.05) is 42.5 Å². The number of amidine groups is 1. The van der Waals surface area contributed by atoms with Crippen molar-refractivity contribution in [2.24, 2.45) is 5.73 Å². The minimum Gasteiger partial charge on any atom is -0.504 e. The lowest BCUT2D eigenvalue weighted by atomic mass is 10.1. The third-order valence-electron chi connectivity index (χ3n) is 4.01. The minimum atomic E-state index is -0.898. The number of nitrogens with one attached hydrogen (secondary N) is 2. The normalized spacial score (nSPS) is 10.3. The van der Waals surface area contributed by atoms with Gasteiger partial charge in [0.1, 0.15) is 12.4 Å². The lowest BCUT2D eigenvalue weighted by Crippen LogP contribution is -2.17. The Balaban J connectivity index is 1.91. The van der Waals surface area contributed by atoms with E-state index in [0.717, 1.165) is 11.6 Å². The molecule has 7 heteroatoms. The van der Waals surface area contributed by atoms with Gasteiger partial charge in [0.25, 0.3) is 5.91 Å². The predicted molar refractivity (Wildman–Crippen MR) is 104 cm³/mol. The van der Waals surface area contributed by atoms with Crippen molar-refractivity contribution in [3.8, 4) is 11.5 Å². The van der Waals surface area contributed by atoms with Gasteiger partial charge in [-0.2, -0.15) is 0 Å². The van der Waals surface area contributed by atoms with Gasteiger partial charge in [0.2, 0.25) is 0 Å². The van der Waals surface area contributed by atoms with Crippen LogP contribution in [0, 0.1) is 11.2 Å². The monoisotopic (exact) mass is 379 g/mol. The Bertz CT molecular complexity index is 1020. The summed E-state index contributed by atoms with van der Waals surface area (Å²) in [6.07, 6.45) is 0. The molecule has 0 saturated heterocycles. The molecule has 1 amide bonds. The number of hydrogen-bond donors (Lipinski definition) is 4. The number of ether oxygens (including phenoxy) is 1. The molecule has 5 N–H and O–H groups in total. The van der Waals surface area contributed by atoms with Gasteiger partial charge in [-0.3, -0.25) is 10.2 Å². The fourth-order valence-electron chi connectivity index (χ4n) is 2.62. The van der Waals surface area contributed by atoms with E-state index in [1.807, 2.05) is 30.3 Å². The summed E-state index contributed by atoms with van der Waals surface area (Å²) < 4.78 is 19.4. The molecule has 0 aliphatic carbocycles. The van der Waals surface area contributed by atoms with Gasteiger partial charge in [-0.25, -0.2) is 4.39 Å². The third kappa shape index (κ3) is 4.09. The number of nitrogens with two attached hydrogens (primary N) is 1. The first-order valence-corrected chi connectivity index (χ1v) is 8.40. The Morgan fingerprint density at radius 1 is 1.04 bits per heavy atom. The van der Waals surface area contributed by atoms with Crippen LogP contribution in [0.4, 0.5) is 10.1 Å². The lowest BCUT2D eigenvalue weighted by molar-refractivity contribution is 0.102. The van der Waals surface area contributed by atoms with E-state index in [4.69, 9.17) is 15.9 Å². The summed E-state index contributed by atoms with van der Waals surface area (Å²) in [5.41, 5.74) is 6.86. The van der Waals surface area contributed by atoms with Gasteiger partial charge in [0.15, 0.2) is 17.3 Å². The Hall–Kier alpha value is -3.87. The van der Waals surface area contributed by atoms with Crippen LogP contribution in [0.2, 0.25) is 0 Å². The molecule has 3 aromatic rings. The van der Waals surface area contributed by atoms with Crippen LogP contribution in [-0.2, 0) is 6.61 Å². The number of phenolic OH excluding ortho intramolecular Hbond substituents is 1. The molecular formula is C21H18FN3O3. The number of amides is 1. The molecule has 3 rings (SSSR count). The van der Waals surface area contributed by atoms with Crippen molar-refractivity contribution in [2.75, 3.05) is 5.32 Å². The standard InChI is InChI=1S/C21H18FN3O3/c22-16-10-4-8-14(18(16)26)21(27)25-17-11-5-9-15(20(23)24)19(17)28-12-13-6-2-1-3-7-13/h1-11,26H,12H2,(H3,23,24)(H,25,27). The van der Waals surface area contributed by atoms with Crippen LogP contribution in [0.1, 0.15) is 21.5 Å². The summed E-state index contributed by atoms with van der Waals surface area (Å²) in [5, 5.41) is 20.1. The fraction of sp³-hybridized carbons (Fsp3) is 0.0476. The molecule has 0 radical (unpaired) electrons. The van der Waals surface area contributed by atoms with Gasteiger partial charge < -0.3 is 20.9 Å². The highest BCUT2D eigenvalue weighted by Gasteiger charge is 2.18. The molecule has 0 heterocycles. The number of aromatic hydroxyl groups is 1. The minimum absolute atomic E-state index is 0.194. The summed E-state index contributed by atoms with van der Waals surface area (Å²) in [4.78, 5) is 12.5. The maximum absolute atomic E-state index is 13.5. The van der Waals surface area contributed by atoms with Gasteiger partial charge in [0.05, 0.1) is 16.8 Å². The highest BCUT2D eigenvalue weighted by molar-refractivity contribution is 6.08. The van der Waals surface area contributed by atoms with Crippen LogP contribution in [0.3, 0.4) is 0 Å². The molecule has 0 aliphatic heterocycles. The van der Waals surface area contributed by atoms with E-state index in [9.17, 15) is 14.3 Å². The van der Waals surface area contributed by atoms with Crippen LogP contribution >= 0.6 is 0 Å². The maximum Gasteiger partial charge on any atom is 0.259 e. The SMILES string of the molecule is N=C(N)c1cccc(NC(=O)c2cccc(F)c2O)c1OCc1ccccc1. The number of anilines is 1. The Labute approximate surface area is 160 Å². The van der Waals surface area contributed by atoms with Crippen molar-refractivity contribution in [1.82, 2.24) is 0 Å². The molecular weight excluding hydrogens is 361 g/mol. The highest BCUT2D eigenvalue weighted by Crippen LogP contribution is 2.31. The first-order chi connectivity index (χ1) is 13.5. The molecule has 0 aliphatic rings. The maximum atomic E-state index is 13.5. The van der Waals surface area contributed by atoms with Crippen molar-refractivity contribution >= 4 is 17.4 Å². The van der Waals surface area contributed by atoms with Crippen molar-refractivity contribution in [1.29, 1.82) is 5.41 Å². The van der Waals surface area contributed by atoms with Crippen LogP contribution < -0.4 is 15.8 Å². The molecule has 3 aromatic carbocycles. The summed E-state index contributed by atoms with van der Waals surface area (Å²) >= 11 is 0. The van der Waals surface area contributed by atoms with E-state index in [-0.39, 0.29) is 29.4 Å². The zero-order valence-corrected chi connectivity index (χ0v) is 14.8. The summed E-state index contributed by atoms with van der Waals surface area (Å²) in [6, 6.07) is 17.8. The van der Waals surface area contributed by atoms with E-state index >= 15 is 0 Å². The second-order valence-electron chi connectivity index (χ2n) is 5.96. The zero-order valence-electron chi connectivity index (χ0n) is 14.8.